The second-order valence-electron chi connectivity index (χ2n) is 5.41. The van der Waals surface area contributed by atoms with E-state index in [4.69, 9.17) is 16.3 Å². The van der Waals surface area contributed by atoms with E-state index in [9.17, 15) is 0 Å². The largest absolute Gasteiger partial charge is 0.489 e. The minimum absolute atomic E-state index is 0.488. The van der Waals surface area contributed by atoms with Gasteiger partial charge in [0.25, 0.3) is 0 Å². The van der Waals surface area contributed by atoms with E-state index in [1.165, 1.54) is 5.56 Å². The van der Waals surface area contributed by atoms with Crippen molar-refractivity contribution in [3.05, 3.63) is 64.7 Å². The predicted molar refractivity (Wildman–Crippen MR) is 97.1 cm³/mol. The van der Waals surface area contributed by atoms with Gasteiger partial charge in [0.2, 0.25) is 0 Å². The monoisotopic (exact) mass is 332 g/mol. The zero-order valence-electron chi connectivity index (χ0n) is 13.6. The average Bonchev–Trinajstić information content (AvgIpc) is 2.58. The van der Waals surface area contributed by atoms with Crippen molar-refractivity contribution in [3.8, 4) is 5.75 Å². The topological polar surface area (TPSA) is 33.3 Å². The number of hydrogen-bond donors (Lipinski definition) is 2. The van der Waals surface area contributed by atoms with Crippen LogP contribution < -0.4 is 15.4 Å². The number of nitrogens with one attached hydrogen (secondary N) is 2. The van der Waals surface area contributed by atoms with E-state index in [0.717, 1.165) is 48.9 Å². The first-order valence-corrected chi connectivity index (χ1v) is 8.54. The molecule has 0 saturated heterocycles. The molecule has 0 bridgehead atoms. The fourth-order valence-corrected chi connectivity index (χ4v) is 2.42. The molecule has 0 aliphatic carbocycles. The number of ether oxygens (including phenoxy) is 1. The second kappa shape index (κ2) is 10.3. The van der Waals surface area contributed by atoms with E-state index < -0.39 is 0 Å². The van der Waals surface area contributed by atoms with Gasteiger partial charge in [0.1, 0.15) is 12.4 Å². The quantitative estimate of drug-likeness (QED) is 0.645. The van der Waals surface area contributed by atoms with Crippen molar-refractivity contribution in [2.24, 2.45) is 0 Å². The second-order valence-corrected chi connectivity index (χ2v) is 5.82. The third-order valence-corrected chi connectivity index (χ3v) is 3.93. The van der Waals surface area contributed by atoms with Gasteiger partial charge in [-0.3, -0.25) is 0 Å². The molecule has 0 atom stereocenters. The van der Waals surface area contributed by atoms with Crippen molar-refractivity contribution in [3.63, 3.8) is 0 Å². The Balaban J connectivity index is 1.71. The third-order valence-electron chi connectivity index (χ3n) is 3.56. The maximum atomic E-state index is 6.13. The van der Waals surface area contributed by atoms with E-state index in [2.05, 4.69) is 29.7 Å². The minimum Gasteiger partial charge on any atom is -0.489 e. The maximum absolute atomic E-state index is 6.13. The van der Waals surface area contributed by atoms with Crippen LogP contribution in [0.3, 0.4) is 0 Å². The number of benzene rings is 2. The van der Waals surface area contributed by atoms with Gasteiger partial charge in [-0.05, 0) is 49.8 Å². The summed E-state index contributed by atoms with van der Waals surface area (Å²) in [7, 11) is 0. The summed E-state index contributed by atoms with van der Waals surface area (Å²) in [6.07, 6.45) is 1.15. The van der Waals surface area contributed by atoms with Crippen molar-refractivity contribution < 1.29 is 4.74 Å². The summed E-state index contributed by atoms with van der Waals surface area (Å²) in [5.74, 6) is 0.862. The molecule has 0 amide bonds. The third kappa shape index (κ3) is 6.61. The van der Waals surface area contributed by atoms with Gasteiger partial charge < -0.3 is 15.4 Å². The number of halogens is 1. The molecule has 0 aromatic heterocycles. The van der Waals surface area contributed by atoms with E-state index in [1.54, 1.807) is 0 Å². The molecule has 124 valence electrons. The van der Waals surface area contributed by atoms with E-state index in [-0.39, 0.29) is 0 Å². The molecule has 0 saturated carbocycles. The molecule has 0 aliphatic heterocycles. The van der Waals surface area contributed by atoms with Crippen LogP contribution >= 0.6 is 11.6 Å². The van der Waals surface area contributed by atoms with Gasteiger partial charge in [0, 0.05) is 17.1 Å². The molecule has 0 spiro atoms. The molecule has 0 heterocycles. The van der Waals surface area contributed by atoms with Crippen molar-refractivity contribution in [1.82, 2.24) is 10.6 Å². The summed E-state index contributed by atoms with van der Waals surface area (Å²) in [5, 5.41) is 7.51. The highest BCUT2D eigenvalue weighted by atomic mass is 35.5. The van der Waals surface area contributed by atoms with E-state index >= 15 is 0 Å². The Labute approximate surface area is 144 Å². The van der Waals surface area contributed by atoms with Gasteiger partial charge in [-0.1, -0.05) is 48.9 Å². The van der Waals surface area contributed by atoms with Gasteiger partial charge in [0.15, 0.2) is 0 Å². The average molecular weight is 333 g/mol. The van der Waals surface area contributed by atoms with Crippen molar-refractivity contribution in [2.45, 2.75) is 26.5 Å². The smallest absolute Gasteiger partial charge is 0.119 e. The van der Waals surface area contributed by atoms with Crippen molar-refractivity contribution >= 4 is 11.6 Å². The number of hydrogen-bond acceptors (Lipinski definition) is 3. The first kappa shape index (κ1) is 17.8. The van der Waals surface area contributed by atoms with Gasteiger partial charge in [-0.15, -0.1) is 0 Å². The van der Waals surface area contributed by atoms with Crippen molar-refractivity contribution in [2.75, 3.05) is 19.6 Å². The van der Waals surface area contributed by atoms with Crippen LogP contribution in [0, 0.1) is 0 Å². The molecule has 2 N–H and O–H groups in total. The fourth-order valence-electron chi connectivity index (χ4n) is 2.23. The molecular weight excluding hydrogens is 308 g/mol. The van der Waals surface area contributed by atoms with Gasteiger partial charge in [-0.25, -0.2) is 0 Å². The summed E-state index contributed by atoms with van der Waals surface area (Å²) in [6.45, 7) is 6.63. The van der Waals surface area contributed by atoms with Crippen LogP contribution in [0.5, 0.6) is 5.75 Å². The Morgan fingerprint density at radius 3 is 2.43 bits per heavy atom. The summed E-state index contributed by atoms with van der Waals surface area (Å²) < 4.78 is 5.78. The highest BCUT2D eigenvalue weighted by molar-refractivity contribution is 6.31. The molecule has 0 aliphatic rings. The highest BCUT2D eigenvalue weighted by Crippen LogP contribution is 2.18. The zero-order valence-corrected chi connectivity index (χ0v) is 14.4. The first-order valence-electron chi connectivity index (χ1n) is 8.16. The Morgan fingerprint density at radius 1 is 0.957 bits per heavy atom. The summed E-state index contributed by atoms with van der Waals surface area (Å²) in [6, 6.07) is 16.0. The Morgan fingerprint density at radius 2 is 1.70 bits per heavy atom. The molecule has 23 heavy (non-hydrogen) atoms. The van der Waals surface area contributed by atoms with E-state index in [1.807, 2.05) is 36.4 Å². The molecular formula is C19H25ClN2O. The lowest BCUT2D eigenvalue weighted by atomic mass is 10.2. The molecule has 2 aromatic carbocycles. The molecule has 4 heteroatoms. The zero-order chi connectivity index (χ0) is 16.3. The maximum Gasteiger partial charge on any atom is 0.119 e. The van der Waals surface area contributed by atoms with Crippen molar-refractivity contribution in [1.29, 1.82) is 0 Å². The Kier molecular flexibility index (Phi) is 7.95. The highest BCUT2D eigenvalue weighted by Gasteiger charge is 2.01. The molecule has 2 rings (SSSR count). The van der Waals surface area contributed by atoms with Crippen LogP contribution in [0.25, 0.3) is 0 Å². The van der Waals surface area contributed by atoms with Crippen LogP contribution in [0.15, 0.2) is 48.5 Å². The Bertz CT molecular complexity index is 572. The molecule has 3 nitrogen and oxygen atoms in total. The lowest BCUT2D eigenvalue weighted by Gasteiger charge is -2.09. The fraction of sp³-hybridized carbons (Fsp3) is 0.368. The number of rotatable bonds is 10. The van der Waals surface area contributed by atoms with Crippen LogP contribution in [0.2, 0.25) is 5.02 Å². The molecule has 0 unspecified atom stereocenters. The summed E-state index contributed by atoms with van der Waals surface area (Å²) >= 11 is 6.13. The lowest BCUT2D eigenvalue weighted by Crippen LogP contribution is -2.21. The summed E-state index contributed by atoms with van der Waals surface area (Å²) in [4.78, 5) is 0. The van der Waals surface area contributed by atoms with Crippen LogP contribution in [-0.4, -0.2) is 19.6 Å². The standard InChI is InChI=1S/C19H25ClN2O/c1-2-21-12-5-13-22-14-16-8-10-18(11-9-16)23-15-17-6-3-4-7-19(17)20/h3-4,6-11,21-22H,2,5,12-15H2,1H3. The van der Waals surface area contributed by atoms with Gasteiger partial charge in [0.05, 0.1) is 0 Å². The lowest BCUT2D eigenvalue weighted by molar-refractivity contribution is 0.306. The predicted octanol–water partition coefficient (Wildman–Crippen LogP) is 4.01. The first-order chi connectivity index (χ1) is 11.3. The minimum atomic E-state index is 0.488. The van der Waals surface area contributed by atoms with Gasteiger partial charge in [-0.2, -0.15) is 0 Å². The SMILES string of the molecule is CCNCCCNCc1ccc(OCc2ccccc2Cl)cc1. The molecule has 0 radical (unpaired) electrons. The Hall–Kier alpha value is -1.55. The molecule has 2 aromatic rings. The molecule has 0 fully saturated rings. The van der Waals surface area contributed by atoms with Crippen LogP contribution in [0.4, 0.5) is 0 Å². The summed E-state index contributed by atoms with van der Waals surface area (Å²) in [5.41, 5.74) is 2.26. The van der Waals surface area contributed by atoms with Gasteiger partial charge >= 0.3 is 0 Å². The van der Waals surface area contributed by atoms with Crippen LogP contribution in [0.1, 0.15) is 24.5 Å². The van der Waals surface area contributed by atoms with Crippen LogP contribution in [-0.2, 0) is 13.2 Å². The normalized spacial score (nSPS) is 10.7. The van der Waals surface area contributed by atoms with E-state index in [0.29, 0.717) is 6.61 Å².